The lowest BCUT2D eigenvalue weighted by Crippen LogP contribution is -2.30. The van der Waals surface area contributed by atoms with Gasteiger partial charge in [-0.3, -0.25) is 0 Å². The van der Waals surface area contributed by atoms with E-state index in [0.29, 0.717) is 0 Å². The molecule has 6 aromatic rings. The van der Waals surface area contributed by atoms with Crippen LogP contribution in [0.4, 0.5) is 0 Å². The fraction of sp³-hybridized carbons (Fsp3) is 0.258. The summed E-state index contributed by atoms with van der Waals surface area (Å²) in [4.78, 5) is 0. The van der Waals surface area contributed by atoms with Gasteiger partial charge in [-0.1, -0.05) is 49.6 Å². The summed E-state index contributed by atoms with van der Waals surface area (Å²) >= 11 is 0. The normalized spacial score (nSPS) is 16.8. The van der Waals surface area contributed by atoms with Crippen LogP contribution < -0.4 is 4.57 Å². The summed E-state index contributed by atoms with van der Waals surface area (Å²) < 4.78 is 13.9. The summed E-state index contributed by atoms with van der Waals surface area (Å²) in [6.45, 7) is 2.22. The molecule has 1 aliphatic carbocycles. The van der Waals surface area contributed by atoms with Gasteiger partial charge >= 0.3 is 0 Å². The van der Waals surface area contributed by atoms with E-state index in [1.54, 1.807) is 0 Å². The molecule has 0 spiro atoms. The predicted octanol–water partition coefficient (Wildman–Crippen LogP) is 7.68. The molecule has 0 aliphatic heterocycles. The van der Waals surface area contributed by atoms with Gasteiger partial charge in [-0.15, -0.1) is 0 Å². The van der Waals surface area contributed by atoms with Crippen LogP contribution in [0.15, 0.2) is 72.9 Å². The molecule has 1 fully saturated rings. The van der Waals surface area contributed by atoms with Crippen molar-refractivity contribution in [3.63, 3.8) is 0 Å². The average Bonchev–Trinajstić information content (AvgIpc) is 3.37. The third-order valence-electron chi connectivity index (χ3n) is 7.87. The van der Waals surface area contributed by atoms with Crippen molar-refractivity contribution >= 4 is 38.1 Å². The van der Waals surface area contributed by atoms with E-state index < -0.39 is 5.89 Å². The maximum absolute atomic E-state index is 9.18. The number of pyridine rings is 1. The van der Waals surface area contributed by atoms with Gasteiger partial charge in [0.1, 0.15) is 7.05 Å². The summed E-state index contributed by atoms with van der Waals surface area (Å²) in [6.07, 6.45) is 7.68. The van der Waals surface area contributed by atoms with Crippen LogP contribution >= 0.6 is 0 Å². The Labute approximate surface area is 195 Å². The van der Waals surface area contributed by atoms with Crippen molar-refractivity contribution in [1.82, 2.24) is 4.40 Å². The van der Waals surface area contributed by atoms with E-state index >= 15 is 0 Å². The number of hydrogen-bond acceptors (Lipinski definition) is 0. The molecule has 0 radical (unpaired) electrons. The molecule has 3 aromatic carbocycles. The van der Waals surface area contributed by atoms with Gasteiger partial charge in [-0.05, 0) is 61.1 Å². The van der Waals surface area contributed by atoms with Crippen molar-refractivity contribution in [2.75, 3.05) is 0 Å². The van der Waals surface area contributed by atoms with Crippen LogP contribution in [0.2, 0.25) is 0 Å². The number of nitrogens with zero attached hydrogens (tertiary/aromatic N) is 2. The lowest BCUT2D eigenvalue weighted by molar-refractivity contribution is -0.660. The van der Waals surface area contributed by atoms with Gasteiger partial charge in [0.15, 0.2) is 6.20 Å². The number of hydrogen-bond donors (Lipinski definition) is 0. The summed E-state index contributed by atoms with van der Waals surface area (Å²) in [7, 11) is 2.13. The Kier molecular flexibility index (Phi) is 3.86. The van der Waals surface area contributed by atoms with Gasteiger partial charge < -0.3 is 4.40 Å². The molecule has 0 atom stereocenters. The van der Waals surface area contributed by atoms with Crippen LogP contribution in [0, 0.1) is 6.92 Å². The maximum Gasteiger partial charge on any atom is 0.213 e. The van der Waals surface area contributed by atoms with Crippen LogP contribution in [0.1, 0.15) is 50.5 Å². The van der Waals surface area contributed by atoms with E-state index in [-0.39, 0.29) is 0 Å². The Morgan fingerprint density at radius 1 is 0.848 bits per heavy atom. The number of aryl methyl sites for hydroxylation is 2. The van der Waals surface area contributed by atoms with Gasteiger partial charge in [0.2, 0.25) is 5.69 Å². The van der Waals surface area contributed by atoms with Gasteiger partial charge in [0.05, 0.1) is 22.1 Å². The van der Waals surface area contributed by atoms with Crippen LogP contribution in [0.25, 0.3) is 49.4 Å². The van der Waals surface area contributed by atoms with Crippen LogP contribution in [0.5, 0.6) is 0 Å². The van der Waals surface area contributed by atoms with E-state index in [0.717, 1.165) is 12.8 Å². The molecule has 2 nitrogen and oxygen atoms in total. The van der Waals surface area contributed by atoms with Crippen molar-refractivity contribution < 1.29 is 5.94 Å². The molecule has 162 valence electrons. The first-order valence-corrected chi connectivity index (χ1v) is 12.2. The van der Waals surface area contributed by atoms with Crippen LogP contribution in [-0.4, -0.2) is 4.40 Å². The van der Waals surface area contributed by atoms with E-state index in [1.807, 2.05) is 0 Å². The topological polar surface area (TPSA) is 8.29 Å². The number of fused-ring (bicyclic) bond motifs is 6. The molecule has 3 heterocycles. The molecule has 0 unspecified atom stereocenters. The van der Waals surface area contributed by atoms with Crippen molar-refractivity contribution in [2.45, 2.75) is 44.9 Å². The molecule has 33 heavy (non-hydrogen) atoms. The van der Waals surface area contributed by atoms with Gasteiger partial charge in [-0.25, -0.2) is 4.57 Å². The molecule has 0 N–H and O–H groups in total. The molecular weight excluding hydrogens is 400 g/mol. The highest BCUT2D eigenvalue weighted by Gasteiger charge is 2.24. The van der Waals surface area contributed by atoms with Gasteiger partial charge in [0, 0.05) is 35.0 Å². The molecule has 0 saturated heterocycles. The van der Waals surface area contributed by atoms with E-state index in [2.05, 4.69) is 95.9 Å². The molecule has 1 aliphatic rings. The summed E-state index contributed by atoms with van der Waals surface area (Å²) in [5.74, 6) is -0.438. The number of aromatic nitrogens is 2. The number of benzene rings is 3. The summed E-state index contributed by atoms with van der Waals surface area (Å²) in [6, 6.07) is 24.6. The zero-order valence-electron chi connectivity index (χ0n) is 20.4. The Balaban J connectivity index is 1.59. The summed E-state index contributed by atoms with van der Waals surface area (Å²) in [5, 5.41) is 5.22. The largest absolute Gasteiger partial charge is 0.308 e. The van der Waals surface area contributed by atoms with E-state index in [9.17, 15) is 1.37 Å². The SMILES string of the molecule is [2H]C1(c2ccc3c(c2)c2cccc4c5c(-c6cccc[n+]6C)c(C)ccc5n3c24)CCCCC1. The monoisotopic (exact) mass is 430 g/mol. The number of rotatable bonds is 2. The number of para-hydroxylation sites is 1. The maximum atomic E-state index is 9.18. The highest BCUT2D eigenvalue weighted by atomic mass is 14.9. The lowest BCUT2D eigenvalue weighted by atomic mass is 9.83. The molecular formula is C31H29N2+. The molecule has 0 bridgehead atoms. The third kappa shape index (κ3) is 2.64. The second kappa shape index (κ2) is 7.05. The Bertz CT molecular complexity index is 1720. The smallest absolute Gasteiger partial charge is 0.213 e. The first-order chi connectivity index (χ1) is 16.6. The van der Waals surface area contributed by atoms with Crippen molar-refractivity contribution in [2.24, 2.45) is 7.05 Å². The molecule has 7 rings (SSSR count). The lowest BCUT2D eigenvalue weighted by Gasteiger charge is -2.22. The third-order valence-corrected chi connectivity index (χ3v) is 7.87. The quantitative estimate of drug-likeness (QED) is 0.249. The molecule has 3 aromatic heterocycles. The van der Waals surface area contributed by atoms with Crippen LogP contribution in [-0.2, 0) is 7.05 Å². The Morgan fingerprint density at radius 3 is 2.52 bits per heavy atom. The minimum atomic E-state index is -0.438. The fourth-order valence-electron chi connectivity index (χ4n) is 6.28. The van der Waals surface area contributed by atoms with Crippen LogP contribution in [0.3, 0.4) is 0 Å². The van der Waals surface area contributed by atoms with E-state index in [1.165, 1.54) is 79.7 Å². The summed E-state index contributed by atoms with van der Waals surface area (Å²) in [5.41, 5.74) is 8.84. The van der Waals surface area contributed by atoms with E-state index in [4.69, 9.17) is 0 Å². The van der Waals surface area contributed by atoms with Gasteiger partial charge in [-0.2, -0.15) is 0 Å². The fourth-order valence-corrected chi connectivity index (χ4v) is 6.28. The second-order valence-corrected chi connectivity index (χ2v) is 9.78. The molecule has 0 amide bonds. The standard InChI is InChI=1S/C31H29N2/c1-20-14-16-28-30(29(20)27-13-6-7-18-32(27)2)24-12-8-11-23-25-19-22(21-9-4-3-5-10-21)15-17-26(25)33(28)31(23)24/h6-8,11-19,21H,3-5,9-10H2,1-2H3/q+1/i21D. The molecule has 1 saturated carbocycles. The first-order valence-electron chi connectivity index (χ1n) is 12.7. The van der Waals surface area contributed by atoms with Crippen molar-refractivity contribution in [1.29, 1.82) is 0 Å². The minimum absolute atomic E-state index is 0.438. The Morgan fingerprint density at radius 2 is 1.67 bits per heavy atom. The van der Waals surface area contributed by atoms with Crippen molar-refractivity contribution in [3.05, 3.63) is 84.1 Å². The average molecular weight is 431 g/mol. The second-order valence-electron chi connectivity index (χ2n) is 9.78. The minimum Gasteiger partial charge on any atom is -0.308 e. The van der Waals surface area contributed by atoms with Crippen molar-refractivity contribution in [3.8, 4) is 11.3 Å². The van der Waals surface area contributed by atoms with Gasteiger partial charge in [0.25, 0.3) is 0 Å². The predicted molar refractivity (Wildman–Crippen MR) is 138 cm³/mol. The zero-order chi connectivity index (χ0) is 23.0. The first kappa shape index (κ1) is 18.1. The molecule has 2 heteroatoms. The Hall–Kier alpha value is -3.39. The zero-order valence-corrected chi connectivity index (χ0v) is 19.4. The highest BCUT2D eigenvalue weighted by molar-refractivity contribution is 6.26. The highest BCUT2D eigenvalue weighted by Crippen LogP contribution is 2.44.